The van der Waals surface area contributed by atoms with E-state index in [1.165, 1.54) is 10.5 Å². The van der Waals surface area contributed by atoms with E-state index in [1.807, 2.05) is 13.8 Å². The van der Waals surface area contributed by atoms with Gasteiger partial charge >= 0.3 is 0 Å². The number of oxazole rings is 1. The number of nitrogens with one attached hydrogen (secondary N) is 1. The van der Waals surface area contributed by atoms with Gasteiger partial charge in [0.15, 0.2) is 0 Å². The lowest BCUT2D eigenvalue weighted by Gasteiger charge is -2.17. The van der Waals surface area contributed by atoms with Crippen LogP contribution in [0.15, 0.2) is 37.2 Å². The largest absolute Gasteiger partial charge is 0.436 e. The maximum Gasteiger partial charge on any atom is 0.261 e. The lowest BCUT2D eigenvalue weighted by atomic mass is 10.1. The van der Waals surface area contributed by atoms with Crippen LogP contribution in [0, 0.1) is 13.8 Å². The third-order valence-corrected chi connectivity index (χ3v) is 4.78. The highest BCUT2D eigenvalue weighted by atomic mass is 79.9. The number of nitrogens with zero attached hydrogens (tertiary/aromatic N) is 1. The van der Waals surface area contributed by atoms with Gasteiger partial charge in [-0.15, -0.1) is 0 Å². The molecule has 5 heteroatoms. The van der Waals surface area contributed by atoms with Crippen molar-refractivity contribution < 1.29 is 4.42 Å². The van der Waals surface area contributed by atoms with Gasteiger partial charge in [0.05, 0.1) is 5.69 Å². The van der Waals surface area contributed by atoms with Gasteiger partial charge in [-0.3, -0.25) is 0 Å². The first-order valence-electron chi connectivity index (χ1n) is 7.16. The van der Waals surface area contributed by atoms with Gasteiger partial charge in [-0.2, -0.15) is 0 Å². The van der Waals surface area contributed by atoms with Crippen LogP contribution in [0.3, 0.4) is 0 Å². The predicted octanol–water partition coefficient (Wildman–Crippen LogP) is 5.27. The van der Waals surface area contributed by atoms with Crippen molar-refractivity contribution >= 4 is 27.7 Å². The zero-order valence-electron chi connectivity index (χ0n) is 12.9. The smallest absolute Gasteiger partial charge is 0.261 e. The van der Waals surface area contributed by atoms with Crippen molar-refractivity contribution in [2.24, 2.45) is 0 Å². The maximum absolute atomic E-state index is 5.68. The summed E-state index contributed by atoms with van der Waals surface area (Å²) in [5.74, 6) is 0.883. The third-order valence-electron chi connectivity index (χ3n) is 3.35. The van der Waals surface area contributed by atoms with Crippen molar-refractivity contribution in [2.45, 2.75) is 50.3 Å². The number of benzene rings is 1. The lowest BCUT2D eigenvalue weighted by molar-refractivity contribution is 0.431. The molecular weight excluding hydrogens is 348 g/mol. The number of aromatic nitrogens is 1. The molecule has 0 aliphatic rings. The van der Waals surface area contributed by atoms with Crippen molar-refractivity contribution in [3.05, 3.63) is 39.7 Å². The molecule has 0 saturated heterocycles. The van der Waals surface area contributed by atoms with Crippen LogP contribution in [0.25, 0.3) is 0 Å². The molecule has 1 N–H and O–H groups in total. The van der Waals surface area contributed by atoms with Crippen molar-refractivity contribution in [3.8, 4) is 0 Å². The minimum atomic E-state index is 0.294. The summed E-state index contributed by atoms with van der Waals surface area (Å²) < 4.78 is 6.77. The molecule has 2 rings (SSSR count). The first-order valence-corrected chi connectivity index (χ1v) is 8.77. The van der Waals surface area contributed by atoms with E-state index in [0.717, 1.165) is 28.9 Å². The summed E-state index contributed by atoms with van der Waals surface area (Å²) >= 11 is 5.14. The van der Waals surface area contributed by atoms with Gasteiger partial charge in [0.2, 0.25) is 0 Å². The summed E-state index contributed by atoms with van der Waals surface area (Å²) in [6.45, 7) is 9.29. The zero-order chi connectivity index (χ0) is 15.4. The first-order chi connectivity index (χ1) is 10.0. The van der Waals surface area contributed by atoms with Crippen molar-refractivity contribution in [1.82, 2.24) is 10.3 Å². The number of halogens is 1. The van der Waals surface area contributed by atoms with Gasteiger partial charge in [-0.05, 0) is 69.3 Å². The fourth-order valence-electron chi connectivity index (χ4n) is 2.00. The van der Waals surface area contributed by atoms with E-state index >= 15 is 0 Å². The Hall–Kier alpha value is -0.780. The Kier molecular flexibility index (Phi) is 5.90. The average molecular weight is 369 g/mol. The highest BCUT2D eigenvalue weighted by Crippen LogP contribution is 2.35. The molecule has 1 heterocycles. The summed E-state index contributed by atoms with van der Waals surface area (Å²) in [6, 6.07) is 6.63. The van der Waals surface area contributed by atoms with Crippen LogP contribution in [0.2, 0.25) is 0 Å². The highest BCUT2D eigenvalue weighted by molar-refractivity contribution is 9.10. The summed E-state index contributed by atoms with van der Waals surface area (Å²) in [5.41, 5.74) is 2.21. The van der Waals surface area contributed by atoms with Crippen molar-refractivity contribution in [2.75, 3.05) is 6.54 Å². The quantitative estimate of drug-likeness (QED) is 0.753. The molecule has 0 saturated carbocycles. The zero-order valence-corrected chi connectivity index (χ0v) is 15.3. The molecule has 0 radical (unpaired) electrons. The van der Waals surface area contributed by atoms with Crippen LogP contribution in [0.1, 0.15) is 43.3 Å². The molecule has 1 unspecified atom stereocenters. The van der Waals surface area contributed by atoms with E-state index in [1.54, 1.807) is 11.8 Å². The Labute approximate surface area is 139 Å². The van der Waals surface area contributed by atoms with Crippen LogP contribution in [-0.2, 0) is 0 Å². The molecule has 1 atom stereocenters. The molecule has 0 aliphatic heterocycles. The Balaban J connectivity index is 2.25. The van der Waals surface area contributed by atoms with E-state index in [4.69, 9.17) is 4.42 Å². The van der Waals surface area contributed by atoms with E-state index in [0.29, 0.717) is 11.3 Å². The summed E-state index contributed by atoms with van der Waals surface area (Å²) in [4.78, 5) is 5.63. The summed E-state index contributed by atoms with van der Waals surface area (Å²) in [7, 11) is 0. The van der Waals surface area contributed by atoms with Gasteiger partial charge in [-0.25, -0.2) is 4.98 Å². The molecular formula is C16H21BrN2OS. The molecule has 2 aromatic rings. The third kappa shape index (κ3) is 4.34. The number of rotatable bonds is 6. The molecule has 0 fully saturated rings. The second-order valence-corrected chi connectivity index (χ2v) is 6.99. The van der Waals surface area contributed by atoms with E-state index in [9.17, 15) is 0 Å². The van der Waals surface area contributed by atoms with E-state index in [2.05, 4.69) is 58.3 Å². The monoisotopic (exact) mass is 368 g/mol. The molecule has 21 heavy (non-hydrogen) atoms. The normalized spacial score (nSPS) is 12.6. The molecule has 0 amide bonds. The van der Waals surface area contributed by atoms with Crippen molar-refractivity contribution in [3.63, 3.8) is 0 Å². The minimum absolute atomic E-state index is 0.294. The van der Waals surface area contributed by atoms with E-state index < -0.39 is 0 Å². The summed E-state index contributed by atoms with van der Waals surface area (Å²) in [6.07, 6.45) is 1.12. The molecule has 1 aromatic carbocycles. The SMILES string of the molecule is CCCNC(C)c1cc(Br)ccc1Sc1nc(C)c(C)o1. The van der Waals surface area contributed by atoms with Gasteiger partial charge in [0, 0.05) is 15.4 Å². The molecule has 3 nitrogen and oxygen atoms in total. The van der Waals surface area contributed by atoms with E-state index in [-0.39, 0.29) is 0 Å². The Bertz CT molecular complexity index is 593. The molecule has 0 bridgehead atoms. The van der Waals surface area contributed by atoms with Crippen LogP contribution >= 0.6 is 27.7 Å². The van der Waals surface area contributed by atoms with Crippen LogP contribution < -0.4 is 5.32 Å². The van der Waals surface area contributed by atoms with Gasteiger partial charge in [0.1, 0.15) is 5.76 Å². The predicted molar refractivity (Wildman–Crippen MR) is 91.0 cm³/mol. The average Bonchev–Trinajstić information content (AvgIpc) is 2.76. The van der Waals surface area contributed by atoms with Crippen molar-refractivity contribution in [1.29, 1.82) is 0 Å². The van der Waals surface area contributed by atoms with Gasteiger partial charge in [0.25, 0.3) is 5.22 Å². The number of hydrogen-bond donors (Lipinski definition) is 1. The molecule has 0 aliphatic carbocycles. The Morgan fingerprint density at radius 2 is 2.14 bits per heavy atom. The molecule has 1 aromatic heterocycles. The van der Waals surface area contributed by atoms with Gasteiger partial charge < -0.3 is 9.73 Å². The Morgan fingerprint density at radius 1 is 1.38 bits per heavy atom. The topological polar surface area (TPSA) is 38.1 Å². The molecule has 0 spiro atoms. The summed E-state index contributed by atoms with van der Waals surface area (Å²) in [5, 5.41) is 4.24. The van der Waals surface area contributed by atoms with Crippen LogP contribution in [0.5, 0.6) is 0 Å². The lowest BCUT2D eigenvalue weighted by Crippen LogP contribution is -2.19. The number of aryl methyl sites for hydroxylation is 2. The van der Waals surface area contributed by atoms with Gasteiger partial charge in [-0.1, -0.05) is 22.9 Å². The number of hydrogen-bond acceptors (Lipinski definition) is 4. The second-order valence-electron chi connectivity index (χ2n) is 5.08. The van der Waals surface area contributed by atoms with Crippen LogP contribution in [0.4, 0.5) is 0 Å². The first kappa shape index (κ1) is 16.6. The molecule has 114 valence electrons. The maximum atomic E-state index is 5.68. The standard InChI is InChI=1S/C16H21BrN2OS/c1-5-8-18-11(3)14-9-13(17)6-7-15(14)21-16-19-10(2)12(4)20-16/h6-7,9,11,18H,5,8H2,1-4H3. The second kappa shape index (κ2) is 7.47. The minimum Gasteiger partial charge on any atom is -0.436 e. The van der Waals surface area contributed by atoms with Crippen LogP contribution in [-0.4, -0.2) is 11.5 Å². The fraction of sp³-hybridized carbons (Fsp3) is 0.438. The highest BCUT2D eigenvalue weighted by Gasteiger charge is 2.15. The fourth-order valence-corrected chi connectivity index (χ4v) is 3.41. The Morgan fingerprint density at radius 3 is 2.76 bits per heavy atom.